The third kappa shape index (κ3) is 8.15. The second-order valence-electron chi connectivity index (χ2n) is 7.14. The molecule has 0 saturated carbocycles. The third-order valence-corrected chi connectivity index (χ3v) is 4.92. The molecule has 9 heteroatoms. The van der Waals surface area contributed by atoms with E-state index in [2.05, 4.69) is 14.7 Å². The van der Waals surface area contributed by atoms with E-state index < -0.39 is 74.0 Å². The van der Waals surface area contributed by atoms with Crippen molar-refractivity contribution in [2.45, 2.75) is 32.6 Å². The monoisotopic (exact) mass is 508 g/mol. The molecule has 0 saturated heterocycles. The first-order valence-electron chi connectivity index (χ1n) is 16.3. The first-order chi connectivity index (χ1) is 21.3. The van der Waals surface area contributed by atoms with Gasteiger partial charge < -0.3 is 9.64 Å². The number of sulfonamides is 1. The fourth-order valence-electron chi connectivity index (χ4n) is 2.96. The van der Waals surface area contributed by atoms with E-state index in [0.717, 1.165) is 6.20 Å². The average Bonchev–Trinajstić information content (AvgIpc) is 2.93. The van der Waals surface area contributed by atoms with Gasteiger partial charge in [-0.05, 0) is 26.5 Å². The molecule has 0 unspecified atom stereocenters. The molecule has 1 aromatic heterocycles. The van der Waals surface area contributed by atoms with E-state index in [4.69, 9.17) is 16.4 Å². The molecule has 0 fully saturated rings. The van der Waals surface area contributed by atoms with Crippen molar-refractivity contribution in [3.05, 3.63) is 66.9 Å². The molecule has 0 aliphatic heterocycles. The molecule has 35 heavy (non-hydrogen) atoms. The summed E-state index contributed by atoms with van der Waals surface area (Å²) in [7, 11) is -4.25. The smallest absolute Gasteiger partial charge is 0.259 e. The molecule has 0 atom stereocenters. The molecule has 0 spiro atoms. The van der Waals surface area contributed by atoms with Crippen molar-refractivity contribution in [2.75, 3.05) is 30.8 Å². The van der Waals surface area contributed by atoms with Gasteiger partial charge >= 0.3 is 0 Å². The highest BCUT2D eigenvalue weighted by Crippen LogP contribution is 2.30. The second kappa shape index (κ2) is 12.4. The van der Waals surface area contributed by atoms with Crippen LogP contribution in [0.3, 0.4) is 0 Å². The van der Waals surface area contributed by atoms with Gasteiger partial charge in [0.1, 0.15) is 12.4 Å². The average molecular weight is 509 g/mol. The molecule has 2 aromatic carbocycles. The largest absolute Gasteiger partial charge is 0.372 e. The van der Waals surface area contributed by atoms with Crippen molar-refractivity contribution in [3.8, 4) is 22.5 Å². The fraction of sp³-hybridized carbons (Fsp3) is 0.346. The van der Waals surface area contributed by atoms with Gasteiger partial charge in [-0.15, -0.1) is 0 Å². The summed E-state index contributed by atoms with van der Waals surface area (Å²) in [6, 6.07) is 14.7. The maximum Gasteiger partial charge on any atom is 0.259 e. The normalized spacial score (nSPS) is 18.5. The quantitative estimate of drug-likeness (QED) is 0.396. The Morgan fingerprint density at radius 1 is 1.06 bits per heavy atom. The van der Waals surface area contributed by atoms with Crippen molar-refractivity contribution in [2.24, 2.45) is 0 Å². The number of hydrogen-bond acceptors (Lipinski definition) is 7. The molecule has 0 aliphatic carbocycles. The molecule has 0 radical (unpaired) electrons. The molecule has 1 N–H and O–H groups in total. The number of benzene rings is 2. The zero-order valence-corrected chi connectivity index (χ0v) is 19.5. The molecule has 1 heterocycles. The van der Waals surface area contributed by atoms with E-state index in [1.807, 2.05) is 0 Å². The van der Waals surface area contributed by atoms with Crippen LogP contribution < -0.4 is 9.62 Å². The number of amides is 1. The molecule has 0 bridgehead atoms. The second-order valence-corrected chi connectivity index (χ2v) is 8.89. The number of nitrogens with zero attached hydrogens (tertiary/aromatic N) is 3. The van der Waals surface area contributed by atoms with Crippen LogP contribution in [0.2, 0.25) is 0 Å². The van der Waals surface area contributed by atoms with E-state index in [1.165, 1.54) is 4.72 Å². The van der Waals surface area contributed by atoms with Crippen molar-refractivity contribution in [1.29, 1.82) is 0 Å². The van der Waals surface area contributed by atoms with E-state index in [1.54, 1.807) is 60.7 Å². The first kappa shape index (κ1) is 14.3. The molecule has 0 aliphatic rings. The number of carbonyl (C=O) groups is 1. The van der Waals surface area contributed by atoms with Crippen LogP contribution in [0.15, 0.2) is 66.9 Å². The Labute approximate surface area is 224 Å². The number of ether oxygens (including phenoxy) is 1. The topological polar surface area (TPSA) is 101 Å². The Morgan fingerprint density at radius 2 is 1.69 bits per heavy atom. The highest BCUT2D eigenvalue weighted by molar-refractivity contribution is 7.89. The first-order valence-corrected chi connectivity index (χ1v) is 12.2. The summed E-state index contributed by atoms with van der Waals surface area (Å²) in [5.74, 6) is -2.35. The zero-order valence-electron chi connectivity index (χ0n) is 30.7. The summed E-state index contributed by atoms with van der Waals surface area (Å²) in [4.78, 5) is 21.4. The van der Waals surface area contributed by atoms with Crippen molar-refractivity contribution >= 4 is 21.7 Å². The van der Waals surface area contributed by atoms with Gasteiger partial charge in [-0.3, -0.25) is 14.5 Å². The van der Waals surface area contributed by atoms with Gasteiger partial charge in [0.25, 0.3) is 5.91 Å². The predicted molar refractivity (Wildman–Crippen MR) is 138 cm³/mol. The number of hydrogen-bond donors (Lipinski definition) is 1. The van der Waals surface area contributed by atoms with Crippen LogP contribution in [0.5, 0.6) is 0 Å². The Kier molecular flexibility index (Phi) is 5.08. The van der Waals surface area contributed by atoms with Gasteiger partial charge in [0.2, 0.25) is 10.0 Å². The van der Waals surface area contributed by atoms with Crippen molar-refractivity contribution < 1.29 is 34.4 Å². The minimum absolute atomic E-state index is 0.161. The Balaban J connectivity index is 2.13. The zero-order chi connectivity index (χ0) is 35.6. The van der Waals surface area contributed by atoms with Gasteiger partial charge in [-0.2, -0.15) is 0 Å². The van der Waals surface area contributed by atoms with Crippen LogP contribution >= 0.6 is 0 Å². The summed E-state index contributed by atoms with van der Waals surface area (Å²) in [6.45, 7) is -16.4. The lowest BCUT2D eigenvalue weighted by molar-refractivity contribution is -0.123. The van der Waals surface area contributed by atoms with Gasteiger partial charge in [-0.25, -0.2) is 13.4 Å². The van der Waals surface area contributed by atoms with Gasteiger partial charge in [0.15, 0.2) is 0 Å². The Bertz CT molecular complexity index is 1640. The summed E-state index contributed by atoms with van der Waals surface area (Å²) in [6.07, 6.45) is -0.507. The molecule has 8 nitrogen and oxygen atoms in total. The maximum atomic E-state index is 12.1. The lowest BCUT2D eigenvalue weighted by Gasteiger charge is -2.28. The molecule has 186 valence electrons. The summed E-state index contributed by atoms with van der Waals surface area (Å²) in [5.41, 5.74) is 1.57. The fourth-order valence-corrected chi connectivity index (χ4v) is 3.33. The lowest BCUT2D eigenvalue weighted by Crippen LogP contribution is -2.33. The van der Waals surface area contributed by atoms with E-state index >= 15 is 0 Å². The summed E-state index contributed by atoms with van der Waals surface area (Å²) < 4.78 is 126. The minimum atomic E-state index is -4.25. The summed E-state index contributed by atoms with van der Waals surface area (Å²) in [5, 5.41) is 0. The standard InChI is InChI=1S/C26H32N4O4S/c1-20(2)30(16-10-11-17-34-19-24(31)29-35(3,32)33)23-18-27-25(21-12-6-4-7-13-21)26(28-23)22-14-8-5-9-15-22/h4-9,12-15,18,20H,10-11,16-17,19H2,1-3H3,(H,29,31)/i1D3,2D3,16D2,17D2,19D2. The third-order valence-electron chi connectivity index (χ3n) is 4.36. The molecule has 3 rings (SSSR count). The highest BCUT2D eigenvalue weighted by Gasteiger charge is 2.17. The van der Waals surface area contributed by atoms with E-state index in [-0.39, 0.29) is 5.69 Å². The van der Waals surface area contributed by atoms with Crippen LogP contribution in [-0.4, -0.2) is 56.2 Å². The number of aromatic nitrogens is 2. The van der Waals surface area contributed by atoms with Crippen molar-refractivity contribution in [1.82, 2.24) is 14.7 Å². The van der Waals surface area contributed by atoms with Gasteiger partial charge in [0, 0.05) is 41.2 Å². The maximum absolute atomic E-state index is 12.1. The molecular weight excluding hydrogens is 464 g/mol. The van der Waals surface area contributed by atoms with Crippen LogP contribution in [0.25, 0.3) is 22.5 Å². The van der Waals surface area contributed by atoms with E-state index in [9.17, 15) is 13.2 Å². The molecule has 1 amide bonds. The van der Waals surface area contributed by atoms with Crippen LogP contribution in [0.1, 0.15) is 43.0 Å². The lowest BCUT2D eigenvalue weighted by atomic mass is 10.0. The molecule has 3 aromatic rings. The van der Waals surface area contributed by atoms with Gasteiger partial charge in [-0.1, -0.05) is 60.7 Å². The number of rotatable bonds is 12. The van der Waals surface area contributed by atoms with E-state index in [0.29, 0.717) is 28.0 Å². The summed E-state index contributed by atoms with van der Waals surface area (Å²) >= 11 is 0. The number of carbonyl (C=O) groups excluding carboxylic acids is 1. The Morgan fingerprint density at radius 3 is 2.29 bits per heavy atom. The highest BCUT2D eigenvalue weighted by atomic mass is 32.2. The Hall–Kier alpha value is -3.30. The van der Waals surface area contributed by atoms with Gasteiger partial charge in [0.05, 0.1) is 29.3 Å². The SMILES string of the molecule is [2H]C([2H])(CCC([2H])([2H])N(c1cnc(-c2ccccc2)c(-c2ccccc2)n1)C(C([2H])([2H])[2H])C([2H])([2H])[2H])OC([2H])([2H])C(=O)NS(C)(=O)=O. The number of anilines is 1. The predicted octanol–water partition coefficient (Wildman–Crippen LogP) is 3.90. The van der Waals surface area contributed by atoms with Crippen LogP contribution in [0.4, 0.5) is 5.82 Å². The molecular formula is C26H32N4O4S. The van der Waals surface area contributed by atoms with Crippen molar-refractivity contribution in [3.63, 3.8) is 0 Å². The number of nitrogens with one attached hydrogen (secondary N) is 1. The minimum Gasteiger partial charge on any atom is -0.372 e. The van der Waals surface area contributed by atoms with Crippen LogP contribution in [0, 0.1) is 0 Å². The van der Waals surface area contributed by atoms with Crippen LogP contribution in [-0.2, 0) is 19.6 Å².